The number of hydrogen-bond acceptors (Lipinski definition) is 3. The van der Waals surface area contributed by atoms with Gasteiger partial charge < -0.3 is 15.7 Å². The summed E-state index contributed by atoms with van der Waals surface area (Å²) < 4.78 is 0. The van der Waals surface area contributed by atoms with Crippen molar-refractivity contribution in [1.82, 2.24) is 10.6 Å². The van der Waals surface area contributed by atoms with E-state index in [0.29, 0.717) is 31.5 Å². The summed E-state index contributed by atoms with van der Waals surface area (Å²) in [6.45, 7) is 2.45. The summed E-state index contributed by atoms with van der Waals surface area (Å²) in [4.78, 5) is 33.3. The molecule has 6 nitrogen and oxygen atoms in total. The molecule has 0 atom stereocenters. The smallest absolute Gasteiger partial charge is 0.335 e. The van der Waals surface area contributed by atoms with E-state index in [0.717, 1.165) is 0 Å². The number of carbonyl (C=O) groups is 3. The molecule has 0 aliphatic carbocycles. The quantitative estimate of drug-likeness (QED) is 0.622. The topological polar surface area (TPSA) is 95.5 Å². The first-order valence-electron chi connectivity index (χ1n) is 6.83. The zero-order chi connectivity index (χ0) is 15.7. The molecule has 0 unspecified atom stereocenters. The van der Waals surface area contributed by atoms with Crippen LogP contribution in [0.15, 0.2) is 24.3 Å². The fourth-order valence-electron chi connectivity index (χ4n) is 1.86. The Morgan fingerprint density at radius 2 is 1.76 bits per heavy atom. The van der Waals surface area contributed by atoms with Gasteiger partial charge in [-0.15, -0.1) is 0 Å². The van der Waals surface area contributed by atoms with Gasteiger partial charge in [0.15, 0.2) is 0 Å². The van der Waals surface area contributed by atoms with Crippen molar-refractivity contribution in [3.8, 4) is 0 Å². The summed E-state index contributed by atoms with van der Waals surface area (Å²) >= 11 is 0. The molecule has 0 saturated carbocycles. The Kier molecular flexibility index (Phi) is 6.94. The van der Waals surface area contributed by atoms with E-state index in [2.05, 4.69) is 10.6 Å². The van der Waals surface area contributed by atoms with Gasteiger partial charge in [-0.2, -0.15) is 0 Å². The van der Waals surface area contributed by atoms with E-state index in [-0.39, 0.29) is 23.8 Å². The van der Waals surface area contributed by atoms with Crippen molar-refractivity contribution in [3.63, 3.8) is 0 Å². The number of carboxylic acids is 1. The summed E-state index contributed by atoms with van der Waals surface area (Å²) in [6.07, 6.45) is 1.29. The molecule has 0 spiro atoms. The van der Waals surface area contributed by atoms with Crippen LogP contribution in [0.1, 0.15) is 35.7 Å². The molecule has 0 aromatic heterocycles. The molecule has 0 heterocycles. The average Bonchev–Trinajstić information content (AvgIpc) is 2.44. The van der Waals surface area contributed by atoms with Crippen molar-refractivity contribution >= 4 is 17.8 Å². The summed E-state index contributed by atoms with van der Waals surface area (Å²) in [5.41, 5.74) is 0.884. The first kappa shape index (κ1) is 16.7. The van der Waals surface area contributed by atoms with Crippen LogP contribution >= 0.6 is 0 Å². The highest BCUT2D eigenvalue weighted by Crippen LogP contribution is 2.11. The van der Waals surface area contributed by atoms with Crippen LogP contribution in [0.5, 0.6) is 0 Å². The third-order valence-electron chi connectivity index (χ3n) is 2.92. The van der Waals surface area contributed by atoms with Crippen molar-refractivity contribution in [1.29, 1.82) is 0 Å². The third kappa shape index (κ3) is 6.56. The molecule has 0 aliphatic heterocycles. The lowest BCUT2D eigenvalue weighted by Crippen LogP contribution is -2.29. The minimum atomic E-state index is -0.985. The SMILES string of the molecule is CC(=O)NCCCNC(=O)CCc1ccccc1C(=O)O. The van der Waals surface area contributed by atoms with Gasteiger partial charge in [0, 0.05) is 26.4 Å². The Balaban J connectivity index is 2.30. The molecule has 0 aliphatic rings. The monoisotopic (exact) mass is 292 g/mol. The standard InChI is InChI=1S/C15H20N2O4/c1-11(18)16-9-4-10-17-14(19)8-7-12-5-2-3-6-13(12)15(20)21/h2-3,5-6H,4,7-10H2,1H3,(H,16,18)(H,17,19)(H,20,21). The molecule has 1 aromatic carbocycles. The van der Waals surface area contributed by atoms with Gasteiger partial charge >= 0.3 is 5.97 Å². The first-order chi connectivity index (χ1) is 10.0. The van der Waals surface area contributed by atoms with Crippen LogP contribution in [-0.2, 0) is 16.0 Å². The van der Waals surface area contributed by atoms with Crippen LogP contribution in [0, 0.1) is 0 Å². The summed E-state index contributed by atoms with van der Waals surface area (Å²) in [5, 5.41) is 14.4. The van der Waals surface area contributed by atoms with E-state index < -0.39 is 5.97 Å². The van der Waals surface area contributed by atoms with Gasteiger partial charge in [0.2, 0.25) is 11.8 Å². The summed E-state index contributed by atoms with van der Waals surface area (Å²) in [5.74, 6) is -1.20. The minimum Gasteiger partial charge on any atom is -0.478 e. The lowest BCUT2D eigenvalue weighted by molar-refractivity contribution is -0.121. The van der Waals surface area contributed by atoms with Gasteiger partial charge in [-0.25, -0.2) is 4.79 Å². The normalized spacial score (nSPS) is 9.95. The zero-order valence-electron chi connectivity index (χ0n) is 12.0. The molecule has 114 valence electrons. The number of aromatic carboxylic acids is 1. The van der Waals surface area contributed by atoms with E-state index in [9.17, 15) is 14.4 Å². The zero-order valence-corrected chi connectivity index (χ0v) is 12.0. The highest BCUT2D eigenvalue weighted by molar-refractivity contribution is 5.89. The summed E-state index contributed by atoms with van der Waals surface area (Å²) in [6, 6.07) is 6.67. The number of carboxylic acid groups (broad SMARTS) is 1. The van der Waals surface area contributed by atoms with Gasteiger partial charge in [-0.05, 0) is 24.5 Å². The Morgan fingerprint density at radius 3 is 2.43 bits per heavy atom. The Bertz CT molecular complexity index is 514. The van der Waals surface area contributed by atoms with Gasteiger partial charge in [0.25, 0.3) is 0 Å². The number of carbonyl (C=O) groups excluding carboxylic acids is 2. The number of aryl methyl sites for hydroxylation is 1. The molecule has 0 bridgehead atoms. The van der Waals surface area contributed by atoms with Crippen LogP contribution in [0.3, 0.4) is 0 Å². The van der Waals surface area contributed by atoms with Crippen molar-refractivity contribution in [2.45, 2.75) is 26.2 Å². The fourth-order valence-corrected chi connectivity index (χ4v) is 1.86. The van der Waals surface area contributed by atoms with Crippen molar-refractivity contribution in [3.05, 3.63) is 35.4 Å². The maximum Gasteiger partial charge on any atom is 0.335 e. The highest BCUT2D eigenvalue weighted by atomic mass is 16.4. The summed E-state index contributed by atoms with van der Waals surface area (Å²) in [7, 11) is 0. The molecule has 0 fully saturated rings. The third-order valence-corrected chi connectivity index (χ3v) is 2.92. The molecule has 0 saturated heterocycles. The predicted octanol–water partition coefficient (Wildman–Crippen LogP) is 0.960. The lowest BCUT2D eigenvalue weighted by Gasteiger charge is -2.07. The molecule has 2 amide bonds. The van der Waals surface area contributed by atoms with Gasteiger partial charge in [0.05, 0.1) is 5.56 Å². The van der Waals surface area contributed by atoms with Crippen molar-refractivity contribution < 1.29 is 19.5 Å². The number of benzene rings is 1. The lowest BCUT2D eigenvalue weighted by atomic mass is 10.0. The molecule has 0 radical (unpaired) electrons. The maximum atomic E-state index is 11.6. The molecular weight excluding hydrogens is 272 g/mol. The van der Waals surface area contributed by atoms with E-state index >= 15 is 0 Å². The van der Waals surface area contributed by atoms with Crippen LogP contribution < -0.4 is 10.6 Å². The van der Waals surface area contributed by atoms with E-state index in [1.54, 1.807) is 18.2 Å². The Labute approximate surface area is 123 Å². The van der Waals surface area contributed by atoms with Crippen LogP contribution in [-0.4, -0.2) is 36.0 Å². The van der Waals surface area contributed by atoms with Crippen LogP contribution in [0.2, 0.25) is 0 Å². The predicted molar refractivity (Wildman–Crippen MR) is 78.0 cm³/mol. The van der Waals surface area contributed by atoms with Gasteiger partial charge in [0.1, 0.15) is 0 Å². The second-order valence-electron chi connectivity index (χ2n) is 4.65. The second-order valence-corrected chi connectivity index (χ2v) is 4.65. The molecule has 21 heavy (non-hydrogen) atoms. The molecule has 3 N–H and O–H groups in total. The number of nitrogens with one attached hydrogen (secondary N) is 2. The van der Waals surface area contributed by atoms with Crippen LogP contribution in [0.4, 0.5) is 0 Å². The Hall–Kier alpha value is -2.37. The molecule has 1 aromatic rings. The largest absolute Gasteiger partial charge is 0.478 e. The number of amides is 2. The maximum absolute atomic E-state index is 11.6. The van der Waals surface area contributed by atoms with Gasteiger partial charge in [-0.1, -0.05) is 18.2 Å². The second kappa shape index (κ2) is 8.73. The molecular formula is C15H20N2O4. The molecule has 6 heteroatoms. The van der Waals surface area contributed by atoms with Gasteiger partial charge in [-0.3, -0.25) is 9.59 Å². The minimum absolute atomic E-state index is 0.0911. The fraction of sp³-hybridized carbons (Fsp3) is 0.400. The van der Waals surface area contributed by atoms with Crippen molar-refractivity contribution in [2.24, 2.45) is 0 Å². The van der Waals surface area contributed by atoms with Crippen molar-refractivity contribution in [2.75, 3.05) is 13.1 Å². The highest BCUT2D eigenvalue weighted by Gasteiger charge is 2.10. The number of hydrogen-bond donors (Lipinski definition) is 3. The van der Waals surface area contributed by atoms with Crippen LogP contribution in [0.25, 0.3) is 0 Å². The number of rotatable bonds is 8. The van der Waals surface area contributed by atoms with E-state index in [4.69, 9.17) is 5.11 Å². The average molecular weight is 292 g/mol. The Morgan fingerprint density at radius 1 is 1.10 bits per heavy atom. The van der Waals surface area contributed by atoms with E-state index in [1.807, 2.05) is 0 Å². The molecule has 1 rings (SSSR count). The van der Waals surface area contributed by atoms with E-state index in [1.165, 1.54) is 13.0 Å². The first-order valence-corrected chi connectivity index (χ1v) is 6.83.